The van der Waals surface area contributed by atoms with Crippen molar-refractivity contribution in [3.63, 3.8) is 0 Å². The van der Waals surface area contributed by atoms with E-state index in [2.05, 4.69) is 9.98 Å². The Kier molecular flexibility index (Phi) is 5.42. The fourth-order valence-electron chi connectivity index (χ4n) is 3.40. The summed E-state index contributed by atoms with van der Waals surface area (Å²) in [4.78, 5) is 8.20. The van der Waals surface area contributed by atoms with Gasteiger partial charge in [0, 0.05) is 31.6 Å². The first-order chi connectivity index (χ1) is 14.4. The molecule has 0 fully saturated rings. The standard InChI is InChI=1S/C22H18F3N3OS/c1-26-13-15-2-6-19(7-3-15)30(29)28-11-10-17-12-16(4-8-20(17)28)18-5-9-21(27-14-18)22(23,24)25/h2-9,12-14H,10-11H2,1H3. The number of hydrogen-bond acceptors (Lipinski definition) is 3. The van der Waals surface area contributed by atoms with Gasteiger partial charge in [0.25, 0.3) is 0 Å². The second-order valence-electron chi connectivity index (χ2n) is 6.83. The number of halogens is 3. The maximum Gasteiger partial charge on any atom is 0.433 e. The summed E-state index contributed by atoms with van der Waals surface area (Å²) in [6, 6.07) is 15.4. The fraction of sp³-hybridized carbons (Fsp3) is 0.182. The molecule has 4 nitrogen and oxygen atoms in total. The predicted octanol–water partition coefficient (Wildman–Crippen LogP) is 4.90. The molecular weight excluding hydrogens is 411 g/mol. The van der Waals surface area contributed by atoms with Crippen molar-refractivity contribution in [2.75, 3.05) is 17.9 Å². The van der Waals surface area contributed by atoms with Gasteiger partial charge in [-0.3, -0.25) is 14.3 Å². The zero-order valence-electron chi connectivity index (χ0n) is 16.1. The Hall–Kier alpha value is -3.00. The number of benzene rings is 2. The Labute approximate surface area is 174 Å². The summed E-state index contributed by atoms with van der Waals surface area (Å²) in [5, 5.41) is 0. The third-order valence-corrected chi connectivity index (χ3v) is 6.33. The average Bonchev–Trinajstić information content (AvgIpc) is 3.17. The number of aliphatic imine (C=N–C) groups is 1. The van der Waals surface area contributed by atoms with Crippen LogP contribution in [0, 0.1) is 0 Å². The molecule has 0 radical (unpaired) electrons. The van der Waals surface area contributed by atoms with Gasteiger partial charge >= 0.3 is 6.18 Å². The van der Waals surface area contributed by atoms with Crippen LogP contribution in [0.2, 0.25) is 0 Å². The third-order valence-electron chi connectivity index (χ3n) is 4.88. The zero-order valence-corrected chi connectivity index (χ0v) is 16.9. The van der Waals surface area contributed by atoms with E-state index in [1.54, 1.807) is 13.3 Å². The summed E-state index contributed by atoms with van der Waals surface area (Å²) in [6.45, 7) is 0.606. The van der Waals surface area contributed by atoms with Crippen molar-refractivity contribution in [2.45, 2.75) is 17.5 Å². The molecule has 0 bridgehead atoms. The van der Waals surface area contributed by atoms with Crippen molar-refractivity contribution in [3.8, 4) is 11.1 Å². The van der Waals surface area contributed by atoms with Gasteiger partial charge in [-0.15, -0.1) is 0 Å². The predicted molar refractivity (Wildman–Crippen MR) is 112 cm³/mol. The molecule has 2 heterocycles. The molecule has 1 atom stereocenters. The molecule has 1 aromatic heterocycles. The Morgan fingerprint density at radius 1 is 1.07 bits per heavy atom. The van der Waals surface area contributed by atoms with Crippen molar-refractivity contribution in [1.29, 1.82) is 0 Å². The van der Waals surface area contributed by atoms with Gasteiger partial charge < -0.3 is 0 Å². The molecule has 0 amide bonds. The van der Waals surface area contributed by atoms with E-state index in [9.17, 15) is 17.4 Å². The van der Waals surface area contributed by atoms with Crippen molar-refractivity contribution in [1.82, 2.24) is 4.98 Å². The molecule has 0 saturated heterocycles. The molecule has 0 saturated carbocycles. The average molecular weight is 429 g/mol. The Bertz CT molecular complexity index is 1110. The van der Waals surface area contributed by atoms with Crippen LogP contribution in [0.25, 0.3) is 11.1 Å². The van der Waals surface area contributed by atoms with E-state index in [1.807, 2.05) is 46.8 Å². The van der Waals surface area contributed by atoms with Crippen LogP contribution in [-0.4, -0.2) is 29.0 Å². The lowest BCUT2D eigenvalue weighted by Gasteiger charge is -2.18. The summed E-state index contributed by atoms with van der Waals surface area (Å²) in [6.07, 6.45) is -0.780. The lowest BCUT2D eigenvalue weighted by Crippen LogP contribution is -2.23. The third kappa shape index (κ3) is 4.00. The second-order valence-corrected chi connectivity index (χ2v) is 8.24. The highest BCUT2D eigenvalue weighted by Crippen LogP contribution is 2.35. The number of alkyl halides is 3. The molecule has 8 heteroatoms. The highest BCUT2D eigenvalue weighted by atomic mass is 32.2. The van der Waals surface area contributed by atoms with Crippen LogP contribution in [0.3, 0.4) is 0 Å². The van der Waals surface area contributed by atoms with Crippen LogP contribution in [-0.2, 0) is 23.6 Å². The second kappa shape index (κ2) is 8.02. The summed E-state index contributed by atoms with van der Waals surface area (Å²) in [5.41, 5.74) is 3.30. The molecule has 0 aliphatic carbocycles. The molecule has 0 N–H and O–H groups in total. The van der Waals surface area contributed by atoms with E-state index >= 15 is 0 Å². The van der Waals surface area contributed by atoms with Gasteiger partial charge in [0.15, 0.2) is 11.0 Å². The van der Waals surface area contributed by atoms with Crippen molar-refractivity contribution < 1.29 is 17.4 Å². The number of hydrogen-bond donors (Lipinski definition) is 0. The van der Waals surface area contributed by atoms with E-state index in [0.29, 0.717) is 23.4 Å². The van der Waals surface area contributed by atoms with E-state index in [1.165, 1.54) is 12.3 Å². The first-order valence-electron chi connectivity index (χ1n) is 9.25. The van der Waals surface area contributed by atoms with E-state index in [4.69, 9.17) is 0 Å². The lowest BCUT2D eigenvalue weighted by atomic mass is 10.0. The Balaban J connectivity index is 1.57. The van der Waals surface area contributed by atoms with Gasteiger partial charge in [-0.2, -0.15) is 13.2 Å². The number of aromatic nitrogens is 1. The highest BCUT2D eigenvalue weighted by Gasteiger charge is 2.32. The first kappa shape index (κ1) is 20.3. The van der Waals surface area contributed by atoms with Crippen LogP contribution < -0.4 is 4.31 Å². The van der Waals surface area contributed by atoms with Crippen molar-refractivity contribution in [2.24, 2.45) is 4.99 Å². The molecule has 1 aliphatic rings. The Morgan fingerprint density at radius 3 is 2.43 bits per heavy atom. The normalized spacial score (nSPS) is 14.9. The summed E-state index contributed by atoms with van der Waals surface area (Å²) < 4.78 is 53.0. The fourth-order valence-corrected chi connectivity index (χ4v) is 4.64. The summed E-state index contributed by atoms with van der Waals surface area (Å²) in [7, 11) is 0.352. The van der Waals surface area contributed by atoms with Crippen LogP contribution in [0.5, 0.6) is 0 Å². The minimum atomic E-state index is -4.46. The smallest absolute Gasteiger partial charge is 0.296 e. The van der Waals surface area contributed by atoms with E-state index in [0.717, 1.165) is 28.4 Å². The Morgan fingerprint density at radius 2 is 1.80 bits per heavy atom. The van der Waals surface area contributed by atoms with E-state index < -0.39 is 22.9 Å². The number of anilines is 1. The maximum atomic E-state index is 13.1. The molecule has 154 valence electrons. The van der Waals surface area contributed by atoms with Gasteiger partial charge in [0.2, 0.25) is 0 Å². The highest BCUT2D eigenvalue weighted by molar-refractivity contribution is 7.86. The minimum Gasteiger partial charge on any atom is -0.296 e. The first-order valence-corrected chi connectivity index (χ1v) is 10.4. The number of pyridine rings is 1. The SMILES string of the molecule is CN=Cc1ccc(S(=O)N2CCc3cc(-c4ccc(C(F)(F)F)nc4)ccc32)cc1. The van der Waals surface area contributed by atoms with Crippen LogP contribution >= 0.6 is 0 Å². The van der Waals surface area contributed by atoms with Crippen molar-refractivity contribution >= 4 is 22.9 Å². The molecular formula is C22H18F3N3OS. The monoisotopic (exact) mass is 429 g/mol. The number of rotatable bonds is 4. The van der Waals surface area contributed by atoms with Gasteiger partial charge in [0.05, 0.1) is 10.6 Å². The molecule has 3 aromatic rings. The molecule has 1 aliphatic heterocycles. The van der Waals surface area contributed by atoms with Crippen LogP contribution in [0.1, 0.15) is 16.8 Å². The molecule has 4 rings (SSSR count). The van der Waals surface area contributed by atoms with Gasteiger partial charge in [-0.1, -0.05) is 24.3 Å². The van der Waals surface area contributed by atoms with Gasteiger partial charge in [0.1, 0.15) is 5.69 Å². The van der Waals surface area contributed by atoms with Crippen LogP contribution in [0.15, 0.2) is 70.7 Å². The number of fused-ring (bicyclic) bond motifs is 1. The number of nitrogens with zero attached hydrogens (tertiary/aromatic N) is 3. The molecule has 1 unspecified atom stereocenters. The van der Waals surface area contributed by atoms with E-state index in [-0.39, 0.29) is 0 Å². The maximum absolute atomic E-state index is 13.1. The minimum absolute atomic E-state index is 0.606. The molecule has 0 spiro atoms. The van der Waals surface area contributed by atoms with Gasteiger partial charge in [-0.05, 0) is 53.4 Å². The van der Waals surface area contributed by atoms with Crippen LogP contribution in [0.4, 0.5) is 18.9 Å². The summed E-state index contributed by atoms with van der Waals surface area (Å²) in [5.74, 6) is 0. The van der Waals surface area contributed by atoms with Gasteiger partial charge in [-0.25, -0.2) is 4.21 Å². The van der Waals surface area contributed by atoms with Crippen molar-refractivity contribution in [3.05, 3.63) is 77.6 Å². The summed E-state index contributed by atoms with van der Waals surface area (Å²) >= 11 is 0. The quantitative estimate of drug-likeness (QED) is 0.554. The topological polar surface area (TPSA) is 45.6 Å². The lowest BCUT2D eigenvalue weighted by molar-refractivity contribution is -0.141. The molecule has 2 aromatic carbocycles. The largest absolute Gasteiger partial charge is 0.433 e. The molecule has 30 heavy (non-hydrogen) atoms. The zero-order chi connectivity index (χ0) is 21.3.